The highest BCUT2D eigenvalue weighted by Gasteiger charge is 2.60. The number of nitrogens with zero attached hydrogens (tertiary/aromatic N) is 6. The van der Waals surface area contributed by atoms with Crippen molar-refractivity contribution in [2.24, 2.45) is 5.16 Å². The first-order valence-electron chi connectivity index (χ1n) is 16.5. The zero-order valence-electron chi connectivity index (χ0n) is 29.0. The number of thioether (sulfide) groups is 1. The number of β-lactam (4-membered cyclic amide) rings is 1. The number of likely N-dealkylation sites (tertiary alicyclic amines) is 1. The predicted octanol–water partition coefficient (Wildman–Crippen LogP) is 3.35. The van der Waals surface area contributed by atoms with Crippen molar-refractivity contribution in [1.82, 2.24) is 20.1 Å². The van der Waals surface area contributed by atoms with Crippen LogP contribution in [0.15, 0.2) is 59.1 Å². The molecule has 3 amide bonds. The van der Waals surface area contributed by atoms with Gasteiger partial charge in [0, 0.05) is 46.9 Å². The normalized spacial score (nSPS) is 22.9. The van der Waals surface area contributed by atoms with Gasteiger partial charge < -0.3 is 30.3 Å². The fraction of sp³-hybridized carbons (Fsp3) is 0.394. The van der Waals surface area contributed by atoms with Crippen molar-refractivity contribution < 1.29 is 43.3 Å². The molecule has 5 atom stereocenters. The summed E-state index contributed by atoms with van der Waals surface area (Å²) in [6, 6.07) is 8.65. The van der Waals surface area contributed by atoms with Gasteiger partial charge in [-0.15, -0.1) is 23.1 Å². The lowest BCUT2D eigenvalue weighted by Crippen LogP contribution is -2.69. The number of fused-ring (bicyclic) bond motifs is 1. The fourth-order valence-electron chi connectivity index (χ4n) is 6.04. The fourth-order valence-corrected chi connectivity index (χ4v) is 8.24. The molecule has 54 heavy (non-hydrogen) atoms. The highest BCUT2D eigenvalue weighted by Crippen LogP contribution is 2.50. The van der Waals surface area contributed by atoms with Crippen LogP contribution in [0.3, 0.4) is 0 Å². The number of anilines is 1. The number of rotatable bonds is 12. The summed E-state index contributed by atoms with van der Waals surface area (Å²) in [5.41, 5.74) is 6.26. The molecule has 0 unspecified atom stereocenters. The Morgan fingerprint density at radius 3 is 2.17 bits per heavy atom. The molecule has 3 aliphatic rings. The lowest BCUT2D eigenvalue weighted by atomic mass is 9.97. The molecule has 21 heteroatoms. The summed E-state index contributed by atoms with van der Waals surface area (Å²) in [6.07, 6.45) is -2.02. The minimum absolute atomic E-state index is 0.0390. The molecule has 19 nitrogen and oxygen atoms in total. The molecule has 3 saturated heterocycles. The number of aromatic nitrogens is 1. The number of carbonyl (C=O) groups is 4. The number of ether oxygens (including phenoxy) is 2. The van der Waals surface area contributed by atoms with Crippen LogP contribution in [0.1, 0.15) is 44.0 Å². The van der Waals surface area contributed by atoms with E-state index >= 15 is 0 Å². The molecule has 284 valence electrons. The van der Waals surface area contributed by atoms with Gasteiger partial charge in [0.1, 0.15) is 42.5 Å². The smallest absolute Gasteiger partial charge is 0.410 e. The third-order valence-electron chi connectivity index (χ3n) is 9.29. The molecule has 0 radical (unpaired) electrons. The highest BCUT2D eigenvalue weighted by atomic mass is 32.2. The highest BCUT2D eigenvalue weighted by molar-refractivity contribution is 8.01. The van der Waals surface area contributed by atoms with E-state index in [0.29, 0.717) is 11.1 Å². The number of hydrogen-bond donors (Lipinski definition) is 2. The second-order valence-electron chi connectivity index (χ2n) is 13.1. The van der Waals surface area contributed by atoms with Crippen LogP contribution in [0.25, 0.3) is 0 Å². The van der Waals surface area contributed by atoms with Gasteiger partial charge >= 0.3 is 12.1 Å². The molecule has 3 aromatic rings. The van der Waals surface area contributed by atoms with Crippen LogP contribution in [0.5, 0.6) is 0 Å². The molecule has 3 fully saturated rings. The Hall–Kier alpha value is -5.83. The third-order valence-corrected chi connectivity index (χ3v) is 11.7. The average molecular weight is 783 g/mol. The van der Waals surface area contributed by atoms with Crippen LogP contribution in [0.2, 0.25) is 0 Å². The molecule has 4 heterocycles. The van der Waals surface area contributed by atoms with Crippen molar-refractivity contribution in [2.45, 2.75) is 74.8 Å². The Morgan fingerprint density at radius 2 is 1.61 bits per heavy atom. The van der Waals surface area contributed by atoms with E-state index < -0.39 is 46.0 Å². The van der Waals surface area contributed by atoms with Gasteiger partial charge in [0.05, 0.1) is 16.4 Å². The first kappa shape index (κ1) is 37.9. The minimum Gasteiger partial charge on any atom is -0.459 e. The number of nitro groups is 2. The van der Waals surface area contributed by atoms with E-state index in [1.807, 2.05) is 20.8 Å². The summed E-state index contributed by atoms with van der Waals surface area (Å²) in [6.45, 7) is 5.25. The summed E-state index contributed by atoms with van der Waals surface area (Å²) in [7, 11) is 0. The van der Waals surface area contributed by atoms with Crippen LogP contribution < -0.4 is 11.1 Å². The quantitative estimate of drug-likeness (QED) is 0.0879. The van der Waals surface area contributed by atoms with Gasteiger partial charge in [0.25, 0.3) is 17.3 Å². The van der Waals surface area contributed by atoms with Gasteiger partial charge in [-0.1, -0.05) is 5.16 Å². The zero-order valence-corrected chi connectivity index (χ0v) is 30.6. The Labute approximate surface area is 315 Å². The number of esters is 1. The van der Waals surface area contributed by atoms with Gasteiger partial charge in [-0.05, 0) is 56.2 Å². The maximum absolute atomic E-state index is 13.6. The Bertz CT molecular complexity index is 1930. The first-order valence-corrected chi connectivity index (χ1v) is 18.2. The maximum atomic E-state index is 13.6. The van der Waals surface area contributed by atoms with E-state index in [0.717, 1.165) is 16.2 Å². The lowest BCUT2D eigenvalue weighted by molar-refractivity contribution is -0.385. The maximum Gasteiger partial charge on any atom is 0.410 e. The summed E-state index contributed by atoms with van der Waals surface area (Å²) in [5, 5.41) is 30.2. The number of thiazole rings is 1. The van der Waals surface area contributed by atoms with E-state index in [1.165, 1.54) is 53.9 Å². The van der Waals surface area contributed by atoms with E-state index in [-0.39, 0.29) is 76.2 Å². The predicted molar refractivity (Wildman–Crippen MR) is 193 cm³/mol. The van der Waals surface area contributed by atoms with Crippen molar-refractivity contribution in [1.29, 1.82) is 0 Å². The van der Waals surface area contributed by atoms with Gasteiger partial charge in [0.2, 0.25) is 5.91 Å². The van der Waals surface area contributed by atoms with Crippen LogP contribution in [0.4, 0.5) is 21.3 Å². The average Bonchev–Trinajstić information content (AvgIpc) is 3.83. The largest absolute Gasteiger partial charge is 0.459 e. The summed E-state index contributed by atoms with van der Waals surface area (Å²) >= 11 is 2.63. The van der Waals surface area contributed by atoms with Crippen LogP contribution in [-0.4, -0.2) is 95.1 Å². The second-order valence-corrected chi connectivity index (χ2v) is 15.8. The van der Waals surface area contributed by atoms with Crippen LogP contribution in [-0.2, 0) is 41.9 Å². The molecule has 2 aromatic carbocycles. The monoisotopic (exact) mass is 782 g/mol. The van der Waals surface area contributed by atoms with Crippen molar-refractivity contribution >= 4 is 69.2 Å². The van der Waals surface area contributed by atoms with Gasteiger partial charge in [-0.3, -0.25) is 34.7 Å². The molecule has 3 N–H and O–H groups in total. The number of amides is 3. The molecular formula is C33H34N8O11S2. The molecule has 0 aliphatic carbocycles. The SMILES string of the molecule is C[C@@H]1N2C(=O)[C@@H](NC(=O)C(=NO[C@H]3C[C@@H](C(=O)OCc4ccc([N+](=O)[O-])cc4)N(C(=O)OCc4ccc([N+](=O)[O-])cc4)C3)c3csc(N)n3)[C@H]2SC1(C)C. The minimum atomic E-state index is -1.23. The topological polar surface area (TPSA) is 252 Å². The van der Waals surface area contributed by atoms with E-state index in [4.69, 9.17) is 20.0 Å². The molecule has 0 spiro atoms. The number of nitrogens with two attached hydrogens (primary N) is 1. The summed E-state index contributed by atoms with van der Waals surface area (Å²) in [5.74, 6) is -1.81. The zero-order chi connectivity index (χ0) is 38.9. The number of nitrogen functional groups attached to an aromatic ring is 1. The number of benzene rings is 2. The van der Waals surface area contributed by atoms with Crippen molar-refractivity contribution in [3.63, 3.8) is 0 Å². The Morgan fingerprint density at radius 1 is 1.02 bits per heavy atom. The number of nitrogens with one attached hydrogen (secondary N) is 1. The van der Waals surface area contributed by atoms with E-state index in [2.05, 4.69) is 15.5 Å². The summed E-state index contributed by atoms with van der Waals surface area (Å²) < 4.78 is 10.7. The van der Waals surface area contributed by atoms with Gasteiger partial charge in [-0.2, -0.15) is 0 Å². The molecule has 3 aliphatic heterocycles. The number of carbonyl (C=O) groups excluding carboxylic acids is 4. The lowest BCUT2D eigenvalue weighted by Gasteiger charge is -2.44. The Kier molecular flexibility index (Phi) is 10.7. The van der Waals surface area contributed by atoms with Crippen molar-refractivity contribution in [3.8, 4) is 0 Å². The van der Waals surface area contributed by atoms with Crippen LogP contribution in [0, 0.1) is 20.2 Å². The molecule has 1 aromatic heterocycles. The van der Waals surface area contributed by atoms with E-state index in [1.54, 1.807) is 16.7 Å². The number of nitro benzene ring substituents is 2. The number of oxime groups is 1. The van der Waals surface area contributed by atoms with Crippen molar-refractivity contribution in [2.75, 3.05) is 12.3 Å². The van der Waals surface area contributed by atoms with Gasteiger partial charge in [-0.25, -0.2) is 14.6 Å². The molecule has 0 bridgehead atoms. The second kappa shape index (κ2) is 15.3. The molecule has 6 rings (SSSR count). The first-order chi connectivity index (χ1) is 25.6. The van der Waals surface area contributed by atoms with E-state index in [9.17, 15) is 39.4 Å². The number of hydrogen-bond acceptors (Lipinski definition) is 16. The van der Waals surface area contributed by atoms with Crippen molar-refractivity contribution in [3.05, 3.63) is 91.0 Å². The number of non-ortho nitro benzene ring substituents is 2. The summed E-state index contributed by atoms with van der Waals surface area (Å²) in [4.78, 5) is 87.0. The molecule has 0 saturated carbocycles. The van der Waals surface area contributed by atoms with Crippen LogP contribution >= 0.6 is 23.1 Å². The standard InChI is InChI=1S/C33H34N8O11S2/c1-17-33(2,3)54-29-26(28(43)39(17)29)36-27(42)25(23-16-53-31(34)35-23)37-52-22-12-24(30(44)50-14-18-4-8-20(9-5-18)40(46)47)38(13-22)32(45)51-15-19-6-10-21(11-7-19)41(48)49/h4-11,16-17,22,24,26,29H,12-15H2,1-3H3,(H2,34,35)(H,36,42)/t17-,22-,24-,26+,29+/m0/s1. The molecular weight excluding hydrogens is 749 g/mol. The van der Waals surface area contributed by atoms with Gasteiger partial charge in [0.15, 0.2) is 10.8 Å². The third kappa shape index (κ3) is 7.90. The Balaban J connectivity index is 1.17.